The zero-order valence-corrected chi connectivity index (χ0v) is 4.78. The Labute approximate surface area is 47.2 Å². The Morgan fingerprint density at radius 1 is 1.43 bits per heavy atom. The molecule has 0 aromatic heterocycles. The van der Waals surface area contributed by atoms with E-state index < -0.39 is 0 Å². The lowest BCUT2D eigenvalue weighted by Crippen LogP contribution is -1.58. The first kappa shape index (κ1) is 9.88. The van der Waals surface area contributed by atoms with Crippen molar-refractivity contribution >= 4 is 0 Å². The molecule has 0 aliphatic heterocycles. The first-order valence-electron chi connectivity index (χ1n) is 2.40. The van der Waals surface area contributed by atoms with Crippen molar-refractivity contribution in [2.24, 2.45) is 0 Å². The molecule has 0 bridgehead atoms. The molecule has 0 radical (unpaired) electrons. The van der Waals surface area contributed by atoms with Gasteiger partial charge in [-0.25, -0.2) is 0 Å². The molecule has 0 aromatic carbocycles. The molecule has 0 rings (SSSR count). The maximum absolute atomic E-state index is 2.21. The molecule has 7 heavy (non-hydrogen) atoms. The van der Waals surface area contributed by atoms with Gasteiger partial charge in [0.2, 0.25) is 0 Å². The third-order valence-corrected chi connectivity index (χ3v) is 0.612. The Hall–Kier alpha value is -0.260. The Morgan fingerprint density at radius 2 is 1.86 bits per heavy atom. The number of hydrogen-bond donors (Lipinski definition) is 0. The highest BCUT2D eigenvalue weighted by Crippen LogP contribution is 1.88. The van der Waals surface area contributed by atoms with Crippen LogP contribution in [0.15, 0.2) is 11.6 Å². The summed E-state index contributed by atoms with van der Waals surface area (Å²) in [5.74, 6) is 0. The minimum atomic E-state index is 0. The third kappa shape index (κ3) is 10.7. The summed E-state index contributed by atoms with van der Waals surface area (Å²) in [7, 11) is 0. The van der Waals surface area contributed by atoms with Gasteiger partial charge in [-0.3, -0.25) is 0 Å². The molecule has 0 saturated carbocycles. The monoisotopic (exact) mass is 100 g/mol. The van der Waals surface area contributed by atoms with Gasteiger partial charge in [0.25, 0.3) is 0 Å². The molecule has 0 aliphatic rings. The molecule has 0 saturated heterocycles. The minimum Gasteiger partial charge on any atom is -0.0862 e. The average molecular weight is 100 g/mol. The predicted octanol–water partition coefficient (Wildman–Crippen LogP) is 3.00. The van der Waals surface area contributed by atoms with Crippen LogP contribution in [0.3, 0.4) is 0 Å². The van der Waals surface area contributed by atoms with Crippen LogP contribution < -0.4 is 0 Å². The molecule has 0 fully saturated rings. The fraction of sp³-hybridized carbons (Fsp3) is 0.714. The lowest BCUT2D eigenvalue weighted by molar-refractivity contribution is 1.18. The lowest BCUT2D eigenvalue weighted by Gasteiger charge is -1.80. The molecule has 44 valence electrons. The third-order valence-electron chi connectivity index (χ3n) is 0.612. The molecule has 0 N–H and O–H groups in total. The second-order valence-electron chi connectivity index (χ2n) is 1.69. The predicted molar refractivity (Wildman–Crippen MR) is 36.5 cm³/mol. The van der Waals surface area contributed by atoms with Gasteiger partial charge in [-0.1, -0.05) is 26.0 Å². The average Bonchev–Trinajstić information content (AvgIpc) is 1.35. The van der Waals surface area contributed by atoms with Crippen LogP contribution in [0.1, 0.15) is 34.6 Å². The highest BCUT2D eigenvalue weighted by molar-refractivity contribution is 4.91. The molecular weight excluding hydrogens is 84.1 g/mol. The van der Waals surface area contributed by atoms with Crippen LogP contribution in [0.25, 0.3) is 0 Å². The van der Waals surface area contributed by atoms with Gasteiger partial charge in [0.1, 0.15) is 0 Å². The van der Waals surface area contributed by atoms with Crippen molar-refractivity contribution < 1.29 is 0 Å². The number of hydrogen-bond acceptors (Lipinski definition) is 0. The van der Waals surface area contributed by atoms with Crippen molar-refractivity contribution in [3.63, 3.8) is 0 Å². The normalized spacial score (nSPS) is 6.71. The van der Waals surface area contributed by atoms with Gasteiger partial charge in [0.15, 0.2) is 0 Å². The van der Waals surface area contributed by atoms with E-state index in [9.17, 15) is 0 Å². The molecule has 0 spiro atoms. The van der Waals surface area contributed by atoms with Gasteiger partial charge < -0.3 is 0 Å². The van der Waals surface area contributed by atoms with E-state index in [-0.39, 0.29) is 7.43 Å². The van der Waals surface area contributed by atoms with Crippen molar-refractivity contribution in [1.29, 1.82) is 0 Å². The molecule has 0 aromatic rings. The summed E-state index contributed by atoms with van der Waals surface area (Å²) in [6, 6.07) is 0. The van der Waals surface area contributed by atoms with E-state index in [2.05, 4.69) is 26.8 Å². The lowest BCUT2D eigenvalue weighted by atomic mass is 10.3. The molecule has 0 aliphatic carbocycles. The van der Waals surface area contributed by atoms with E-state index in [1.165, 1.54) is 12.0 Å². The van der Waals surface area contributed by atoms with Gasteiger partial charge in [-0.05, 0) is 20.3 Å². The Bertz CT molecular complexity index is 47.1. The Balaban J connectivity index is 0. The molecule has 0 heteroatoms. The molecule has 0 atom stereocenters. The smallest absolute Gasteiger partial charge is 0.0377 e. The van der Waals surface area contributed by atoms with Crippen LogP contribution in [0, 0.1) is 0 Å². The van der Waals surface area contributed by atoms with E-state index in [4.69, 9.17) is 0 Å². The minimum absolute atomic E-state index is 0. The summed E-state index contributed by atoms with van der Waals surface area (Å²) in [5, 5.41) is 0. The summed E-state index contributed by atoms with van der Waals surface area (Å²) in [6.07, 6.45) is 3.38. The second-order valence-corrected chi connectivity index (χ2v) is 1.69. The quantitative estimate of drug-likeness (QED) is 0.444. The van der Waals surface area contributed by atoms with E-state index in [0.29, 0.717) is 0 Å². The van der Waals surface area contributed by atoms with Crippen LogP contribution in [0.4, 0.5) is 0 Å². The van der Waals surface area contributed by atoms with Gasteiger partial charge in [-0.2, -0.15) is 0 Å². The second kappa shape index (κ2) is 5.74. The van der Waals surface area contributed by atoms with Crippen LogP contribution >= 0.6 is 0 Å². The number of rotatable bonds is 1. The zero-order chi connectivity index (χ0) is 4.99. The highest BCUT2D eigenvalue weighted by atomic mass is 13.7. The molecule has 0 nitrogen and oxygen atoms in total. The van der Waals surface area contributed by atoms with Crippen molar-refractivity contribution in [2.45, 2.75) is 34.6 Å². The zero-order valence-electron chi connectivity index (χ0n) is 4.78. The Morgan fingerprint density at radius 3 is 1.86 bits per heavy atom. The summed E-state index contributed by atoms with van der Waals surface area (Å²) < 4.78 is 0. The summed E-state index contributed by atoms with van der Waals surface area (Å²) >= 11 is 0. The molecular formula is C7H16. The van der Waals surface area contributed by atoms with Crippen LogP contribution in [0.2, 0.25) is 0 Å². The van der Waals surface area contributed by atoms with Crippen molar-refractivity contribution in [3.8, 4) is 0 Å². The van der Waals surface area contributed by atoms with Gasteiger partial charge in [0.05, 0.1) is 0 Å². The van der Waals surface area contributed by atoms with Crippen LogP contribution in [-0.4, -0.2) is 0 Å². The van der Waals surface area contributed by atoms with E-state index in [1.54, 1.807) is 0 Å². The SMILES string of the molecule is C.CCC=C(C)C. The highest BCUT2D eigenvalue weighted by Gasteiger charge is 1.67. The van der Waals surface area contributed by atoms with Crippen LogP contribution in [-0.2, 0) is 0 Å². The topological polar surface area (TPSA) is 0 Å². The maximum Gasteiger partial charge on any atom is -0.0377 e. The number of allylic oxidation sites excluding steroid dienone is 2. The van der Waals surface area contributed by atoms with E-state index >= 15 is 0 Å². The maximum atomic E-state index is 2.21. The molecule has 0 amide bonds. The van der Waals surface area contributed by atoms with Crippen LogP contribution in [0.5, 0.6) is 0 Å². The van der Waals surface area contributed by atoms with Crippen molar-refractivity contribution in [3.05, 3.63) is 11.6 Å². The molecule has 0 heterocycles. The summed E-state index contributed by atoms with van der Waals surface area (Å²) in [5.41, 5.74) is 1.41. The fourth-order valence-electron chi connectivity index (χ4n) is 0.408. The van der Waals surface area contributed by atoms with E-state index in [0.717, 1.165) is 0 Å². The van der Waals surface area contributed by atoms with Gasteiger partial charge in [-0.15, -0.1) is 0 Å². The van der Waals surface area contributed by atoms with Crippen molar-refractivity contribution in [1.82, 2.24) is 0 Å². The summed E-state index contributed by atoms with van der Waals surface area (Å²) in [4.78, 5) is 0. The fourth-order valence-corrected chi connectivity index (χ4v) is 0.408. The first-order valence-corrected chi connectivity index (χ1v) is 2.40. The van der Waals surface area contributed by atoms with E-state index in [1.807, 2.05) is 0 Å². The Kier molecular flexibility index (Phi) is 8.10. The van der Waals surface area contributed by atoms with Gasteiger partial charge in [0, 0.05) is 0 Å². The molecule has 0 unspecified atom stereocenters. The standard InChI is InChI=1S/C6H12.CH4/c1-4-5-6(2)3;/h5H,4H2,1-3H3;1H4. The largest absolute Gasteiger partial charge is 0.0862 e. The first-order chi connectivity index (χ1) is 2.77. The summed E-state index contributed by atoms with van der Waals surface area (Å²) in [6.45, 7) is 6.38. The van der Waals surface area contributed by atoms with Crippen molar-refractivity contribution in [2.75, 3.05) is 0 Å². The van der Waals surface area contributed by atoms with Gasteiger partial charge >= 0.3 is 0 Å².